The Hall–Kier alpha value is -0.610. The van der Waals surface area contributed by atoms with E-state index < -0.39 is 0 Å². The number of rotatable bonds is 5. The van der Waals surface area contributed by atoms with Gasteiger partial charge in [0, 0.05) is 26.7 Å². The van der Waals surface area contributed by atoms with Gasteiger partial charge in [0.05, 0.1) is 6.04 Å². The fourth-order valence-corrected chi connectivity index (χ4v) is 2.61. The number of hydrogen-bond donors (Lipinski definition) is 1. The predicted molar refractivity (Wildman–Crippen MR) is 75.6 cm³/mol. The van der Waals surface area contributed by atoms with Gasteiger partial charge in [-0.15, -0.1) is 0 Å². The third-order valence-corrected chi connectivity index (χ3v) is 3.51. The van der Waals surface area contributed by atoms with E-state index in [1.165, 1.54) is 19.4 Å². The van der Waals surface area contributed by atoms with Gasteiger partial charge in [0.15, 0.2) is 0 Å². The number of piperidine rings is 1. The molecule has 1 aliphatic heterocycles. The Morgan fingerprint density at radius 2 is 2.11 bits per heavy atom. The Kier molecular flexibility index (Phi) is 6.09. The molecule has 0 aromatic carbocycles. The Balaban J connectivity index is 2.57. The third kappa shape index (κ3) is 4.94. The van der Waals surface area contributed by atoms with Crippen LogP contribution in [0.5, 0.6) is 0 Å². The molecule has 0 bridgehead atoms. The highest BCUT2D eigenvalue weighted by Crippen LogP contribution is 2.13. The molecule has 0 aromatic heterocycles. The summed E-state index contributed by atoms with van der Waals surface area (Å²) in [7, 11) is 5.83. The average Bonchev–Trinajstić information content (AvgIpc) is 2.26. The molecule has 1 N–H and O–H groups in total. The summed E-state index contributed by atoms with van der Waals surface area (Å²) in [4.78, 5) is 16.2. The van der Waals surface area contributed by atoms with E-state index in [1.807, 2.05) is 14.1 Å². The molecule has 0 spiro atoms. The van der Waals surface area contributed by atoms with Crippen LogP contribution >= 0.6 is 0 Å². The molecule has 106 valence electrons. The highest BCUT2D eigenvalue weighted by molar-refractivity contribution is 5.81. The molecule has 0 saturated carbocycles. The number of nitrogens with one attached hydrogen (secondary N) is 1. The number of hydrogen-bond acceptors (Lipinski definition) is 3. The van der Waals surface area contributed by atoms with Gasteiger partial charge in [-0.3, -0.25) is 4.79 Å². The van der Waals surface area contributed by atoms with Crippen LogP contribution in [0.4, 0.5) is 0 Å². The molecule has 4 nitrogen and oxygen atoms in total. The van der Waals surface area contributed by atoms with Gasteiger partial charge in [-0.05, 0) is 38.8 Å². The van der Waals surface area contributed by atoms with E-state index >= 15 is 0 Å². The molecule has 1 fully saturated rings. The Bertz CT molecular complexity index is 266. The Morgan fingerprint density at radius 1 is 1.44 bits per heavy atom. The molecule has 1 amide bonds. The summed E-state index contributed by atoms with van der Waals surface area (Å²) in [5.74, 6) is 0.740. The molecule has 2 unspecified atom stereocenters. The van der Waals surface area contributed by atoms with Crippen LogP contribution in [0.3, 0.4) is 0 Å². The number of carbonyl (C=O) groups excluding carboxylic acids is 1. The lowest BCUT2D eigenvalue weighted by Crippen LogP contribution is -2.53. The van der Waals surface area contributed by atoms with Crippen molar-refractivity contribution < 1.29 is 4.79 Å². The fraction of sp³-hybridized carbons (Fsp3) is 0.929. The van der Waals surface area contributed by atoms with Crippen molar-refractivity contribution >= 4 is 5.91 Å². The fourth-order valence-electron chi connectivity index (χ4n) is 2.61. The number of nitrogens with zero attached hydrogens (tertiary/aromatic N) is 2. The minimum absolute atomic E-state index is 0.0310. The van der Waals surface area contributed by atoms with E-state index in [9.17, 15) is 4.79 Å². The molecule has 2 atom stereocenters. The van der Waals surface area contributed by atoms with Gasteiger partial charge in [-0.25, -0.2) is 0 Å². The molecule has 1 heterocycles. The second-order valence-electron chi connectivity index (χ2n) is 6.18. The van der Waals surface area contributed by atoms with Crippen molar-refractivity contribution in [1.82, 2.24) is 15.1 Å². The summed E-state index contributed by atoms with van der Waals surface area (Å²) in [6.45, 7) is 6.57. The zero-order chi connectivity index (χ0) is 13.7. The summed E-state index contributed by atoms with van der Waals surface area (Å²) in [6.07, 6.45) is 3.32. The van der Waals surface area contributed by atoms with Gasteiger partial charge in [0.1, 0.15) is 0 Å². The van der Waals surface area contributed by atoms with Crippen LogP contribution in [0.2, 0.25) is 0 Å². The maximum absolute atomic E-state index is 12.2. The molecular weight excluding hydrogens is 226 g/mol. The van der Waals surface area contributed by atoms with Crippen molar-refractivity contribution in [3.8, 4) is 0 Å². The van der Waals surface area contributed by atoms with Crippen molar-refractivity contribution in [2.24, 2.45) is 5.92 Å². The second kappa shape index (κ2) is 7.10. The molecule has 0 aliphatic carbocycles. The second-order valence-corrected chi connectivity index (χ2v) is 6.18. The van der Waals surface area contributed by atoms with Crippen molar-refractivity contribution in [2.75, 3.05) is 34.2 Å². The quantitative estimate of drug-likeness (QED) is 0.801. The predicted octanol–water partition coefficient (Wildman–Crippen LogP) is 1.17. The van der Waals surface area contributed by atoms with Crippen LogP contribution in [0, 0.1) is 5.92 Å². The van der Waals surface area contributed by atoms with E-state index in [-0.39, 0.29) is 11.9 Å². The summed E-state index contributed by atoms with van der Waals surface area (Å²) in [5.41, 5.74) is 0. The van der Waals surface area contributed by atoms with Crippen molar-refractivity contribution in [1.29, 1.82) is 0 Å². The van der Waals surface area contributed by atoms with Gasteiger partial charge in [0.25, 0.3) is 0 Å². The van der Waals surface area contributed by atoms with Crippen LogP contribution in [0.15, 0.2) is 0 Å². The Labute approximate surface area is 112 Å². The first-order valence-corrected chi connectivity index (χ1v) is 7.06. The van der Waals surface area contributed by atoms with E-state index in [1.54, 1.807) is 4.90 Å². The zero-order valence-corrected chi connectivity index (χ0v) is 12.6. The molecule has 0 radical (unpaired) electrons. The lowest BCUT2D eigenvalue weighted by atomic mass is 9.99. The number of likely N-dealkylation sites (tertiary alicyclic amines) is 1. The minimum atomic E-state index is -0.0310. The third-order valence-electron chi connectivity index (χ3n) is 3.51. The lowest BCUT2D eigenvalue weighted by molar-refractivity contribution is -0.131. The first-order valence-electron chi connectivity index (χ1n) is 7.06. The highest BCUT2D eigenvalue weighted by Gasteiger charge is 2.26. The van der Waals surface area contributed by atoms with Crippen LogP contribution in [0.25, 0.3) is 0 Å². The van der Waals surface area contributed by atoms with Crippen LogP contribution < -0.4 is 5.32 Å². The van der Waals surface area contributed by atoms with E-state index in [4.69, 9.17) is 0 Å². The normalized spacial score (nSPS) is 23.1. The summed E-state index contributed by atoms with van der Waals surface area (Å²) >= 11 is 0. The maximum Gasteiger partial charge on any atom is 0.239 e. The van der Waals surface area contributed by atoms with Crippen LogP contribution in [0.1, 0.15) is 33.1 Å². The highest BCUT2D eigenvalue weighted by atomic mass is 16.2. The Morgan fingerprint density at radius 3 is 2.61 bits per heavy atom. The largest absolute Gasteiger partial charge is 0.347 e. The number of carbonyl (C=O) groups is 1. The van der Waals surface area contributed by atoms with Gasteiger partial charge in [0.2, 0.25) is 5.91 Å². The minimum Gasteiger partial charge on any atom is -0.347 e. The molecular formula is C14H29N3O. The van der Waals surface area contributed by atoms with E-state index in [0.717, 1.165) is 13.0 Å². The van der Waals surface area contributed by atoms with E-state index in [0.29, 0.717) is 12.0 Å². The number of amides is 1. The van der Waals surface area contributed by atoms with Gasteiger partial charge < -0.3 is 15.1 Å². The number of likely N-dealkylation sites (N-methyl/N-ethyl adjacent to an activating group) is 2. The average molecular weight is 255 g/mol. The standard InChI is InChI=1S/C14H29N3O/c1-11(2)9-13(14(18)16(3)4)15-12-7-6-8-17(5)10-12/h11-13,15H,6-10H2,1-5H3. The van der Waals surface area contributed by atoms with Gasteiger partial charge in [-0.1, -0.05) is 13.8 Å². The summed E-state index contributed by atoms with van der Waals surface area (Å²) in [5, 5.41) is 3.57. The monoisotopic (exact) mass is 255 g/mol. The topological polar surface area (TPSA) is 35.6 Å². The molecule has 0 aromatic rings. The van der Waals surface area contributed by atoms with Crippen molar-refractivity contribution in [2.45, 2.75) is 45.2 Å². The van der Waals surface area contributed by atoms with E-state index in [2.05, 4.69) is 31.1 Å². The summed E-state index contributed by atoms with van der Waals surface area (Å²) < 4.78 is 0. The molecule has 1 rings (SSSR count). The first kappa shape index (κ1) is 15.4. The van der Waals surface area contributed by atoms with Crippen molar-refractivity contribution in [3.63, 3.8) is 0 Å². The van der Waals surface area contributed by atoms with Crippen LogP contribution in [-0.2, 0) is 4.79 Å². The molecule has 1 aliphatic rings. The first-order chi connectivity index (χ1) is 8.40. The lowest BCUT2D eigenvalue weighted by Gasteiger charge is -2.34. The zero-order valence-electron chi connectivity index (χ0n) is 12.6. The molecule has 1 saturated heterocycles. The smallest absolute Gasteiger partial charge is 0.239 e. The van der Waals surface area contributed by atoms with Gasteiger partial charge >= 0.3 is 0 Å². The van der Waals surface area contributed by atoms with Gasteiger partial charge in [-0.2, -0.15) is 0 Å². The molecule has 4 heteroatoms. The SMILES string of the molecule is CC(C)CC(NC1CCCN(C)C1)C(=O)N(C)C. The van der Waals surface area contributed by atoms with Crippen LogP contribution in [-0.4, -0.2) is 62.0 Å². The molecule has 18 heavy (non-hydrogen) atoms. The van der Waals surface area contributed by atoms with Crippen molar-refractivity contribution in [3.05, 3.63) is 0 Å². The maximum atomic E-state index is 12.2. The summed E-state index contributed by atoms with van der Waals surface area (Å²) in [6, 6.07) is 0.424.